The Bertz CT molecular complexity index is 433. The Kier molecular flexibility index (Phi) is 4.37. The molecule has 2 nitrogen and oxygen atoms in total. The molecule has 1 heterocycles. The van der Waals surface area contributed by atoms with Crippen LogP contribution in [0.1, 0.15) is 12.0 Å². The van der Waals surface area contributed by atoms with Crippen LogP contribution in [0.4, 0.5) is 0 Å². The molecule has 1 aliphatic rings. The molecule has 17 heavy (non-hydrogen) atoms. The Labute approximate surface area is 114 Å². The lowest BCUT2D eigenvalue weighted by Gasteiger charge is -2.10. The van der Waals surface area contributed by atoms with Gasteiger partial charge in [-0.1, -0.05) is 65.3 Å². The number of allylic oxidation sites excluding steroid dienone is 1. The van der Waals surface area contributed by atoms with Crippen LogP contribution in [0.2, 0.25) is 0 Å². The lowest BCUT2D eigenvalue weighted by Crippen LogP contribution is -2.31. The topological polar surface area (TPSA) is 29.1 Å². The first-order chi connectivity index (χ1) is 8.16. The van der Waals surface area contributed by atoms with Gasteiger partial charge in [-0.15, -0.1) is 0 Å². The molecule has 1 aliphatic heterocycles. The Balaban J connectivity index is 1.83. The summed E-state index contributed by atoms with van der Waals surface area (Å²) >= 11 is 13.0. The maximum absolute atomic E-state index is 11.8. The van der Waals surface area contributed by atoms with Crippen molar-refractivity contribution in [3.05, 3.63) is 45.3 Å². The van der Waals surface area contributed by atoms with Crippen molar-refractivity contribution in [3.8, 4) is 0 Å². The average molecular weight is 288 g/mol. The molecule has 0 fully saturated rings. The third-order valence-electron chi connectivity index (χ3n) is 2.43. The van der Waals surface area contributed by atoms with Crippen LogP contribution in [0.15, 0.2) is 39.7 Å². The molecule has 0 aromatic heterocycles. The number of amides is 1. The van der Waals surface area contributed by atoms with Crippen molar-refractivity contribution in [2.45, 2.75) is 18.2 Å². The average Bonchev–Trinajstić information content (AvgIpc) is 2.68. The van der Waals surface area contributed by atoms with Crippen LogP contribution >= 0.6 is 35.0 Å². The fourth-order valence-electron chi connectivity index (χ4n) is 1.52. The molecule has 90 valence electrons. The van der Waals surface area contributed by atoms with Gasteiger partial charge < -0.3 is 5.32 Å². The van der Waals surface area contributed by atoms with Gasteiger partial charge in [0.05, 0.1) is 9.61 Å². The Morgan fingerprint density at radius 1 is 1.35 bits per heavy atom. The summed E-state index contributed by atoms with van der Waals surface area (Å²) in [6.45, 7) is 0.534. The summed E-state index contributed by atoms with van der Waals surface area (Å²) in [5, 5.41) is 3.26. The van der Waals surface area contributed by atoms with E-state index in [0.29, 0.717) is 22.4 Å². The third kappa shape index (κ3) is 3.41. The van der Waals surface area contributed by atoms with Gasteiger partial charge in [-0.3, -0.25) is 4.79 Å². The molecule has 5 heteroatoms. The van der Waals surface area contributed by atoms with Gasteiger partial charge in [0.25, 0.3) is 0 Å². The fourth-order valence-corrected chi connectivity index (χ4v) is 3.20. The van der Waals surface area contributed by atoms with E-state index in [2.05, 4.69) is 5.32 Å². The van der Waals surface area contributed by atoms with Crippen molar-refractivity contribution in [2.24, 2.45) is 0 Å². The predicted octanol–water partition coefficient (Wildman–Crippen LogP) is 3.46. The van der Waals surface area contributed by atoms with E-state index in [9.17, 15) is 4.79 Å². The van der Waals surface area contributed by atoms with Crippen molar-refractivity contribution in [3.63, 3.8) is 0 Å². The normalized spacial score (nSPS) is 19.5. The first-order valence-corrected chi connectivity index (χ1v) is 6.83. The molecule has 1 unspecified atom stereocenters. The Morgan fingerprint density at radius 2 is 2.06 bits per heavy atom. The largest absolute Gasteiger partial charge is 0.351 e. The molecule has 0 saturated heterocycles. The maximum atomic E-state index is 11.8. The molecule has 1 N–H and O–H groups in total. The Hall–Kier alpha value is -0.640. The standard InChI is InChI=1S/C12H11Cl2NOS/c13-9-6-10(17-11(9)14)12(16)15-7-8-4-2-1-3-5-8/h1-5,10H,6-7H2,(H,15,16). The smallest absolute Gasteiger partial charge is 0.234 e. The van der Waals surface area contributed by atoms with E-state index in [4.69, 9.17) is 23.2 Å². The molecule has 0 spiro atoms. The van der Waals surface area contributed by atoms with E-state index in [1.54, 1.807) is 0 Å². The summed E-state index contributed by atoms with van der Waals surface area (Å²) in [5.41, 5.74) is 1.08. The Morgan fingerprint density at radius 3 is 2.65 bits per heavy atom. The zero-order chi connectivity index (χ0) is 12.3. The fraction of sp³-hybridized carbons (Fsp3) is 0.250. The minimum atomic E-state index is -0.196. The first-order valence-electron chi connectivity index (χ1n) is 5.19. The van der Waals surface area contributed by atoms with Crippen LogP contribution in [-0.4, -0.2) is 11.2 Å². The van der Waals surface area contributed by atoms with E-state index in [-0.39, 0.29) is 11.2 Å². The highest BCUT2D eigenvalue weighted by molar-refractivity contribution is 8.06. The number of thioether (sulfide) groups is 1. The molecule has 0 bridgehead atoms. The quantitative estimate of drug-likeness (QED) is 0.923. The van der Waals surface area contributed by atoms with Gasteiger partial charge in [0.1, 0.15) is 0 Å². The first kappa shape index (κ1) is 12.8. The summed E-state index contributed by atoms with van der Waals surface area (Å²) in [6.07, 6.45) is 0.520. The summed E-state index contributed by atoms with van der Waals surface area (Å²) in [7, 11) is 0. The minimum Gasteiger partial charge on any atom is -0.351 e. The van der Waals surface area contributed by atoms with E-state index < -0.39 is 0 Å². The highest BCUT2D eigenvalue weighted by atomic mass is 35.5. The third-order valence-corrected chi connectivity index (χ3v) is 4.59. The molecule has 1 atom stereocenters. The van der Waals surface area contributed by atoms with Crippen LogP contribution < -0.4 is 5.32 Å². The number of carbonyl (C=O) groups excluding carboxylic acids is 1. The lowest BCUT2D eigenvalue weighted by molar-refractivity contribution is -0.120. The highest BCUT2D eigenvalue weighted by Gasteiger charge is 2.28. The molecular formula is C12H11Cl2NOS. The van der Waals surface area contributed by atoms with Crippen LogP contribution in [0.3, 0.4) is 0 Å². The van der Waals surface area contributed by atoms with Crippen molar-refractivity contribution in [1.29, 1.82) is 0 Å². The van der Waals surface area contributed by atoms with Crippen LogP contribution in [0.25, 0.3) is 0 Å². The molecule has 1 amide bonds. The van der Waals surface area contributed by atoms with Gasteiger partial charge in [0.15, 0.2) is 0 Å². The van der Waals surface area contributed by atoms with Gasteiger partial charge in [0, 0.05) is 18.0 Å². The van der Waals surface area contributed by atoms with E-state index in [1.165, 1.54) is 11.8 Å². The monoisotopic (exact) mass is 287 g/mol. The minimum absolute atomic E-state index is 0.0207. The zero-order valence-corrected chi connectivity index (χ0v) is 11.3. The maximum Gasteiger partial charge on any atom is 0.234 e. The molecule has 0 aliphatic carbocycles. The van der Waals surface area contributed by atoms with Crippen LogP contribution in [0, 0.1) is 0 Å². The molecular weight excluding hydrogens is 277 g/mol. The SMILES string of the molecule is O=C(NCc1ccccc1)C1CC(Cl)=C(Cl)S1. The number of nitrogens with one attached hydrogen (secondary N) is 1. The van der Waals surface area contributed by atoms with Crippen LogP contribution in [0.5, 0.6) is 0 Å². The van der Waals surface area contributed by atoms with Gasteiger partial charge in [-0.2, -0.15) is 0 Å². The molecule has 0 saturated carbocycles. The van der Waals surface area contributed by atoms with E-state index >= 15 is 0 Å². The molecule has 0 radical (unpaired) electrons. The van der Waals surface area contributed by atoms with Crippen molar-refractivity contribution < 1.29 is 4.79 Å². The molecule has 2 rings (SSSR count). The van der Waals surface area contributed by atoms with Gasteiger partial charge in [-0.25, -0.2) is 0 Å². The van der Waals surface area contributed by atoms with Gasteiger partial charge in [-0.05, 0) is 5.56 Å². The van der Waals surface area contributed by atoms with Crippen LogP contribution in [-0.2, 0) is 11.3 Å². The summed E-state index contributed by atoms with van der Waals surface area (Å²) < 4.78 is 0.534. The highest BCUT2D eigenvalue weighted by Crippen LogP contribution is 2.41. The number of hydrogen-bond acceptors (Lipinski definition) is 2. The number of rotatable bonds is 3. The lowest BCUT2D eigenvalue weighted by atomic mass is 10.2. The number of carbonyl (C=O) groups is 1. The summed E-state index contributed by atoms with van der Waals surface area (Å²) in [4.78, 5) is 11.8. The number of hydrogen-bond donors (Lipinski definition) is 1. The van der Waals surface area contributed by atoms with E-state index in [1.807, 2.05) is 30.3 Å². The number of halogens is 2. The summed E-state index contributed by atoms with van der Waals surface area (Å²) in [6, 6.07) is 9.78. The molecule has 1 aromatic carbocycles. The van der Waals surface area contributed by atoms with Crippen molar-refractivity contribution in [2.75, 3.05) is 0 Å². The molecule has 1 aromatic rings. The zero-order valence-electron chi connectivity index (χ0n) is 8.95. The van der Waals surface area contributed by atoms with Gasteiger partial charge >= 0.3 is 0 Å². The second kappa shape index (κ2) is 5.80. The second-order valence-corrected chi connectivity index (χ2v) is 5.96. The van der Waals surface area contributed by atoms with E-state index in [0.717, 1.165) is 5.56 Å². The van der Waals surface area contributed by atoms with Gasteiger partial charge in [0.2, 0.25) is 5.91 Å². The van der Waals surface area contributed by atoms with Crippen molar-refractivity contribution in [1.82, 2.24) is 5.32 Å². The summed E-state index contributed by atoms with van der Waals surface area (Å²) in [5.74, 6) is -0.0207. The second-order valence-electron chi connectivity index (χ2n) is 3.69. The predicted molar refractivity (Wildman–Crippen MR) is 73.0 cm³/mol. The van der Waals surface area contributed by atoms with Crippen molar-refractivity contribution >= 4 is 40.9 Å². The number of benzene rings is 1.